The van der Waals surface area contributed by atoms with Crippen molar-refractivity contribution in [3.8, 4) is 0 Å². The summed E-state index contributed by atoms with van der Waals surface area (Å²) in [6, 6.07) is 5.56. The van der Waals surface area contributed by atoms with Crippen molar-refractivity contribution in [2.75, 3.05) is 19.6 Å². The predicted molar refractivity (Wildman–Crippen MR) is 87.6 cm³/mol. The van der Waals surface area contributed by atoms with E-state index in [1.807, 2.05) is 0 Å². The van der Waals surface area contributed by atoms with E-state index in [0.717, 1.165) is 32.1 Å². The van der Waals surface area contributed by atoms with Crippen LogP contribution in [-0.2, 0) is 4.79 Å². The Bertz CT molecular complexity index is 530. The second kappa shape index (κ2) is 8.65. The van der Waals surface area contributed by atoms with Gasteiger partial charge in [-0.25, -0.2) is 4.39 Å². The molecule has 1 aromatic rings. The monoisotopic (exact) mass is 320 g/mol. The van der Waals surface area contributed by atoms with Crippen molar-refractivity contribution >= 4 is 11.8 Å². The summed E-state index contributed by atoms with van der Waals surface area (Å²) >= 11 is 0. The number of carbonyl (C=O) groups excluding carboxylic acids is 2. The van der Waals surface area contributed by atoms with Crippen molar-refractivity contribution in [1.29, 1.82) is 0 Å². The second-order valence-corrected chi connectivity index (χ2v) is 6.10. The molecule has 0 aliphatic carbocycles. The van der Waals surface area contributed by atoms with Gasteiger partial charge in [-0.1, -0.05) is 19.8 Å². The predicted octanol–water partition coefficient (Wildman–Crippen LogP) is 2.98. The van der Waals surface area contributed by atoms with Crippen molar-refractivity contribution in [2.45, 2.75) is 39.0 Å². The van der Waals surface area contributed by atoms with Gasteiger partial charge in [0.05, 0.1) is 5.92 Å². The van der Waals surface area contributed by atoms with Crippen molar-refractivity contribution < 1.29 is 14.0 Å². The highest BCUT2D eigenvalue weighted by Crippen LogP contribution is 2.19. The lowest BCUT2D eigenvalue weighted by atomic mass is 9.96. The van der Waals surface area contributed by atoms with Gasteiger partial charge in [-0.15, -0.1) is 0 Å². The van der Waals surface area contributed by atoms with E-state index in [1.165, 1.54) is 24.3 Å². The van der Waals surface area contributed by atoms with E-state index >= 15 is 0 Å². The van der Waals surface area contributed by atoms with Crippen LogP contribution < -0.4 is 5.32 Å². The molecule has 0 radical (unpaired) electrons. The standard InChI is InChI=1S/C18H25FN2O2/c1-2-3-4-11-20-17(22)15-6-5-12-21(13-15)18(23)14-7-9-16(19)10-8-14/h7-10,15H,2-6,11-13H2,1H3,(H,20,22). The third-order valence-corrected chi connectivity index (χ3v) is 4.25. The van der Waals surface area contributed by atoms with E-state index in [1.54, 1.807) is 4.90 Å². The van der Waals surface area contributed by atoms with Crippen molar-refractivity contribution in [3.63, 3.8) is 0 Å². The number of unbranched alkanes of at least 4 members (excludes halogenated alkanes) is 2. The van der Waals surface area contributed by atoms with Crippen LogP contribution >= 0.6 is 0 Å². The quantitative estimate of drug-likeness (QED) is 0.819. The van der Waals surface area contributed by atoms with Gasteiger partial charge in [-0.2, -0.15) is 0 Å². The summed E-state index contributed by atoms with van der Waals surface area (Å²) < 4.78 is 13.0. The van der Waals surface area contributed by atoms with E-state index in [9.17, 15) is 14.0 Å². The minimum Gasteiger partial charge on any atom is -0.356 e. The number of nitrogens with zero attached hydrogens (tertiary/aromatic N) is 1. The first-order valence-electron chi connectivity index (χ1n) is 8.44. The maximum Gasteiger partial charge on any atom is 0.253 e. The van der Waals surface area contributed by atoms with Crippen LogP contribution in [0.3, 0.4) is 0 Å². The third-order valence-electron chi connectivity index (χ3n) is 4.25. The smallest absolute Gasteiger partial charge is 0.253 e. The molecule has 1 saturated heterocycles. The summed E-state index contributed by atoms with van der Waals surface area (Å²) in [6.07, 6.45) is 4.86. The minimum absolute atomic E-state index is 0.0395. The molecular formula is C18H25FN2O2. The molecule has 1 N–H and O–H groups in total. The highest BCUT2D eigenvalue weighted by Gasteiger charge is 2.28. The number of nitrogens with one attached hydrogen (secondary N) is 1. The summed E-state index contributed by atoms with van der Waals surface area (Å²) in [7, 11) is 0. The molecule has 2 rings (SSSR count). The normalized spacial score (nSPS) is 17.8. The van der Waals surface area contributed by atoms with Gasteiger partial charge in [-0.05, 0) is 43.5 Å². The lowest BCUT2D eigenvalue weighted by molar-refractivity contribution is -0.126. The van der Waals surface area contributed by atoms with Gasteiger partial charge in [0, 0.05) is 25.2 Å². The Morgan fingerprint density at radius 1 is 1.26 bits per heavy atom. The molecule has 1 atom stereocenters. The molecule has 2 amide bonds. The molecule has 1 aliphatic rings. The van der Waals surface area contributed by atoms with E-state index in [-0.39, 0.29) is 23.5 Å². The van der Waals surface area contributed by atoms with Crippen LogP contribution in [0.15, 0.2) is 24.3 Å². The Morgan fingerprint density at radius 2 is 2.00 bits per heavy atom. The van der Waals surface area contributed by atoms with Gasteiger partial charge in [0.2, 0.25) is 5.91 Å². The van der Waals surface area contributed by atoms with Crippen LogP contribution in [0.25, 0.3) is 0 Å². The maximum atomic E-state index is 13.0. The largest absolute Gasteiger partial charge is 0.356 e. The first kappa shape index (κ1) is 17.4. The number of hydrogen-bond acceptors (Lipinski definition) is 2. The Kier molecular flexibility index (Phi) is 6.56. The number of likely N-dealkylation sites (tertiary alicyclic amines) is 1. The van der Waals surface area contributed by atoms with Gasteiger partial charge >= 0.3 is 0 Å². The first-order valence-corrected chi connectivity index (χ1v) is 8.44. The second-order valence-electron chi connectivity index (χ2n) is 6.10. The SMILES string of the molecule is CCCCCNC(=O)C1CCCN(C(=O)c2ccc(F)cc2)C1. The fourth-order valence-electron chi connectivity index (χ4n) is 2.88. The highest BCUT2D eigenvalue weighted by atomic mass is 19.1. The third kappa shape index (κ3) is 5.05. The van der Waals surface area contributed by atoms with Crippen LogP contribution in [0.4, 0.5) is 4.39 Å². The molecule has 1 fully saturated rings. The molecule has 0 bridgehead atoms. The van der Waals surface area contributed by atoms with Crippen LogP contribution in [-0.4, -0.2) is 36.3 Å². The molecule has 4 nitrogen and oxygen atoms in total. The summed E-state index contributed by atoms with van der Waals surface area (Å²) in [5.74, 6) is -0.592. The molecule has 1 heterocycles. The molecule has 0 aromatic heterocycles. The van der Waals surface area contributed by atoms with E-state index in [4.69, 9.17) is 0 Å². The molecule has 1 aliphatic heterocycles. The highest BCUT2D eigenvalue weighted by molar-refractivity contribution is 5.94. The zero-order chi connectivity index (χ0) is 16.7. The molecule has 1 aromatic carbocycles. The Morgan fingerprint density at radius 3 is 2.70 bits per heavy atom. The van der Waals surface area contributed by atoms with Crippen molar-refractivity contribution in [2.24, 2.45) is 5.92 Å². The Labute approximate surface area is 137 Å². The number of carbonyl (C=O) groups is 2. The molecule has 1 unspecified atom stereocenters. The number of rotatable bonds is 6. The molecule has 0 spiro atoms. The van der Waals surface area contributed by atoms with E-state index < -0.39 is 0 Å². The summed E-state index contributed by atoms with van der Waals surface area (Å²) in [6.45, 7) is 3.92. The fraction of sp³-hybridized carbons (Fsp3) is 0.556. The lowest BCUT2D eigenvalue weighted by Crippen LogP contribution is -2.45. The summed E-state index contributed by atoms with van der Waals surface area (Å²) in [5, 5.41) is 2.97. The molecule has 23 heavy (non-hydrogen) atoms. The number of halogens is 1. The van der Waals surface area contributed by atoms with Gasteiger partial charge in [0.1, 0.15) is 5.82 Å². The van der Waals surface area contributed by atoms with Crippen LogP contribution in [0.5, 0.6) is 0 Å². The van der Waals surface area contributed by atoms with Crippen LogP contribution in [0.1, 0.15) is 49.4 Å². The van der Waals surface area contributed by atoms with Crippen LogP contribution in [0, 0.1) is 11.7 Å². The number of benzene rings is 1. The average Bonchev–Trinajstić information content (AvgIpc) is 2.59. The zero-order valence-corrected chi connectivity index (χ0v) is 13.7. The van der Waals surface area contributed by atoms with E-state index in [2.05, 4.69) is 12.2 Å². The fourth-order valence-corrected chi connectivity index (χ4v) is 2.88. The molecule has 0 saturated carbocycles. The zero-order valence-electron chi connectivity index (χ0n) is 13.7. The maximum absolute atomic E-state index is 13.0. The van der Waals surface area contributed by atoms with Gasteiger partial charge < -0.3 is 10.2 Å². The lowest BCUT2D eigenvalue weighted by Gasteiger charge is -2.32. The molecular weight excluding hydrogens is 295 g/mol. The summed E-state index contributed by atoms with van der Waals surface area (Å²) in [4.78, 5) is 26.4. The topological polar surface area (TPSA) is 49.4 Å². The summed E-state index contributed by atoms with van der Waals surface area (Å²) in [5.41, 5.74) is 0.468. The van der Waals surface area contributed by atoms with Gasteiger partial charge in [0.25, 0.3) is 5.91 Å². The van der Waals surface area contributed by atoms with Crippen LogP contribution in [0.2, 0.25) is 0 Å². The minimum atomic E-state index is -0.357. The average molecular weight is 320 g/mol. The van der Waals surface area contributed by atoms with Gasteiger partial charge in [-0.3, -0.25) is 9.59 Å². The van der Waals surface area contributed by atoms with E-state index in [0.29, 0.717) is 25.2 Å². The van der Waals surface area contributed by atoms with Crippen molar-refractivity contribution in [3.05, 3.63) is 35.6 Å². The number of amides is 2. The number of piperidine rings is 1. The van der Waals surface area contributed by atoms with Crippen molar-refractivity contribution in [1.82, 2.24) is 10.2 Å². The van der Waals surface area contributed by atoms with Gasteiger partial charge in [0.15, 0.2) is 0 Å². The molecule has 5 heteroatoms. The Balaban J connectivity index is 1.88. The number of hydrogen-bond donors (Lipinski definition) is 1. The molecule has 126 valence electrons. The Hall–Kier alpha value is -1.91. The first-order chi connectivity index (χ1) is 11.1.